The number of amides is 2. The summed E-state index contributed by atoms with van der Waals surface area (Å²) in [5.41, 5.74) is 2.59. The number of carbonyl (C=O) groups excluding carboxylic acids is 3. The molecule has 1 aromatic heterocycles. The van der Waals surface area contributed by atoms with Crippen LogP contribution in [0.4, 0.5) is 5.69 Å². The van der Waals surface area contributed by atoms with Crippen molar-refractivity contribution < 1.29 is 19.1 Å². The molecule has 2 aromatic carbocycles. The van der Waals surface area contributed by atoms with Crippen LogP contribution in [0.25, 0.3) is 10.9 Å². The lowest BCUT2D eigenvalue weighted by molar-refractivity contribution is -0.141. The van der Waals surface area contributed by atoms with Gasteiger partial charge in [0.2, 0.25) is 5.91 Å². The number of ether oxygens (including phenoxy) is 1. The van der Waals surface area contributed by atoms with Crippen LogP contribution in [0.3, 0.4) is 0 Å². The first-order valence-corrected chi connectivity index (χ1v) is 8.84. The van der Waals surface area contributed by atoms with E-state index in [0.29, 0.717) is 16.4 Å². The number of carbonyl (C=O) groups is 3. The van der Waals surface area contributed by atoms with Crippen molar-refractivity contribution in [2.45, 2.75) is 6.42 Å². The van der Waals surface area contributed by atoms with Gasteiger partial charge in [-0.15, -0.1) is 0 Å². The summed E-state index contributed by atoms with van der Waals surface area (Å²) in [7, 11) is 1.26. The molecule has 28 heavy (non-hydrogen) atoms. The summed E-state index contributed by atoms with van der Waals surface area (Å²) in [6, 6.07) is 14.0. The van der Waals surface area contributed by atoms with Gasteiger partial charge < -0.3 is 20.4 Å². The number of halogens is 1. The van der Waals surface area contributed by atoms with Crippen LogP contribution in [0.2, 0.25) is 5.02 Å². The quantitative estimate of drug-likeness (QED) is 0.555. The minimum Gasteiger partial charge on any atom is -0.468 e. The van der Waals surface area contributed by atoms with Crippen molar-refractivity contribution in [3.05, 3.63) is 64.8 Å². The Balaban J connectivity index is 1.59. The van der Waals surface area contributed by atoms with Gasteiger partial charge in [0.05, 0.1) is 13.5 Å². The first kappa shape index (κ1) is 19.4. The van der Waals surface area contributed by atoms with Crippen LogP contribution in [0, 0.1) is 0 Å². The average Bonchev–Trinajstić information content (AvgIpc) is 3.11. The largest absolute Gasteiger partial charge is 0.468 e. The fourth-order valence-corrected chi connectivity index (χ4v) is 2.80. The van der Waals surface area contributed by atoms with Crippen LogP contribution < -0.4 is 10.6 Å². The lowest BCUT2D eigenvalue weighted by Crippen LogP contribution is -2.31. The molecule has 144 valence electrons. The zero-order valence-electron chi connectivity index (χ0n) is 15.0. The topological polar surface area (TPSA) is 100 Å². The van der Waals surface area contributed by atoms with E-state index in [1.807, 2.05) is 6.07 Å². The van der Waals surface area contributed by atoms with Crippen molar-refractivity contribution in [3.63, 3.8) is 0 Å². The first-order chi connectivity index (χ1) is 13.4. The Morgan fingerprint density at radius 3 is 2.54 bits per heavy atom. The molecule has 0 aliphatic rings. The number of fused-ring (bicyclic) bond motifs is 1. The Bertz CT molecular complexity index is 1030. The van der Waals surface area contributed by atoms with E-state index in [1.165, 1.54) is 7.11 Å². The SMILES string of the molecule is COC(=O)CNC(=O)Cc1ccc(NC(=O)c2cc3cc(Cl)ccc3[nH]2)cc1. The summed E-state index contributed by atoms with van der Waals surface area (Å²) in [5.74, 6) is -1.08. The number of benzene rings is 2. The van der Waals surface area contributed by atoms with Gasteiger partial charge in [-0.1, -0.05) is 23.7 Å². The first-order valence-electron chi connectivity index (χ1n) is 8.46. The molecule has 2 amide bonds. The van der Waals surface area contributed by atoms with Gasteiger partial charge in [-0.2, -0.15) is 0 Å². The molecule has 1 heterocycles. The monoisotopic (exact) mass is 399 g/mol. The summed E-state index contributed by atoms with van der Waals surface area (Å²) < 4.78 is 4.46. The molecule has 8 heteroatoms. The number of aromatic nitrogens is 1. The third kappa shape index (κ3) is 4.89. The number of methoxy groups -OCH3 is 1. The molecule has 0 fully saturated rings. The number of H-pyrrole nitrogens is 1. The van der Waals surface area contributed by atoms with Crippen LogP contribution in [0.5, 0.6) is 0 Å². The normalized spacial score (nSPS) is 10.5. The molecule has 0 radical (unpaired) electrons. The summed E-state index contributed by atoms with van der Waals surface area (Å²) in [6.45, 7) is -0.167. The van der Waals surface area contributed by atoms with E-state index < -0.39 is 5.97 Å². The molecule has 0 aliphatic heterocycles. The van der Waals surface area contributed by atoms with E-state index in [9.17, 15) is 14.4 Å². The zero-order valence-corrected chi connectivity index (χ0v) is 15.8. The van der Waals surface area contributed by atoms with Gasteiger partial charge in [-0.3, -0.25) is 14.4 Å². The van der Waals surface area contributed by atoms with E-state index in [1.54, 1.807) is 42.5 Å². The fourth-order valence-electron chi connectivity index (χ4n) is 2.62. The van der Waals surface area contributed by atoms with Gasteiger partial charge >= 0.3 is 5.97 Å². The smallest absolute Gasteiger partial charge is 0.325 e. The molecular weight excluding hydrogens is 382 g/mol. The molecule has 0 saturated carbocycles. The highest BCUT2D eigenvalue weighted by molar-refractivity contribution is 6.31. The fraction of sp³-hybridized carbons (Fsp3) is 0.150. The van der Waals surface area contributed by atoms with E-state index in [-0.39, 0.29) is 24.8 Å². The van der Waals surface area contributed by atoms with E-state index >= 15 is 0 Å². The standard InChI is InChI=1S/C20H18ClN3O4/c1-28-19(26)11-22-18(25)8-12-2-5-15(6-3-12)23-20(27)17-10-13-9-14(21)4-7-16(13)24-17/h2-7,9-10,24H,8,11H2,1H3,(H,22,25)(H,23,27). The second kappa shape index (κ2) is 8.58. The number of rotatable bonds is 6. The molecule has 7 nitrogen and oxygen atoms in total. The van der Waals surface area contributed by atoms with Crippen LogP contribution in [-0.2, 0) is 20.7 Å². The Kier molecular flexibility index (Phi) is 5.96. The maximum atomic E-state index is 12.4. The molecule has 0 aliphatic carbocycles. The molecule has 3 rings (SSSR count). The maximum Gasteiger partial charge on any atom is 0.325 e. The predicted molar refractivity (Wildman–Crippen MR) is 106 cm³/mol. The second-order valence-corrected chi connectivity index (χ2v) is 6.53. The highest BCUT2D eigenvalue weighted by Gasteiger charge is 2.11. The van der Waals surface area contributed by atoms with Crippen molar-refractivity contribution in [1.29, 1.82) is 0 Å². The number of hydrogen-bond acceptors (Lipinski definition) is 4. The van der Waals surface area contributed by atoms with Crippen molar-refractivity contribution in [2.24, 2.45) is 0 Å². The zero-order chi connectivity index (χ0) is 20.1. The molecule has 3 N–H and O–H groups in total. The Morgan fingerprint density at radius 1 is 1.07 bits per heavy atom. The molecule has 3 aromatic rings. The average molecular weight is 400 g/mol. The van der Waals surface area contributed by atoms with Crippen molar-refractivity contribution in [2.75, 3.05) is 19.0 Å². The summed E-state index contributed by atoms with van der Waals surface area (Å²) in [6.07, 6.45) is 0.119. The Hall–Kier alpha value is -3.32. The Labute approximate surface area is 166 Å². The van der Waals surface area contributed by atoms with Gasteiger partial charge in [0.15, 0.2) is 0 Å². The summed E-state index contributed by atoms with van der Waals surface area (Å²) in [4.78, 5) is 38.3. The highest BCUT2D eigenvalue weighted by Crippen LogP contribution is 2.21. The summed E-state index contributed by atoms with van der Waals surface area (Å²) in [5, 5.41) is 6.72. The number of hydrogen-bond donors (Lipinski definition) is 3. The molecule has 0 unspecified atom stereocenters. The van der Waals surface area contributed by atoms with E-state index in [0.717, 1.165) is 16.5 Å². The molecular formula is C20H18ClN3O4. The van der Waals surface area contributed by atoms with Crippen LogP contribution in [0.15, 0.2) is 48.5 Å². The highest BCUT2D eigenvalue weighted by atomic mass is 35.5. The number of anilines is 1. The molecule has 0 atom stereocenters. The van der Waals surface area contributed by atoms with Crippen LogP contribution >= 0.6 is 11.6 Å². The van der Waals surface area contributed by atoms with E-state index in [4.69, 9.17) is 11.6 Å². The number of aromatic amines is 1. The van der Waals surface area contributed by atoms with Crippen molar-refractivity contribution in [3.8, 4) is 0 Å². The minimum atomic E-state index is -0.509. The van der Waals surface area contributed by atoms with Crippen molar-refractivity contribution >= 4 is 46.0 Å². The number of esters is 1. The predicted octanol–water partition coefficient (Wildman–Crippen LogP) is 2.91. The lowest BCUT2D eigenvalue weighted by Gasteiger charge is -2.06. The van der Waals surface area contributed by atoms with E-state index in [2.05, 4.69) is 20.4 Å². The van der Waals surface area contributed by atoms with Gasteiger partial charge in [0, 0.05) is 21.6 Å². The van der Waals surface area contributed by atoms with Crippen molar-refractivity contribution in [1.82, 2.24) is 10.3 Å². The maximum absolute atomic E-state index is 12.4. The van der Waals surface area contributed by atoms with Gasteiger partial charge in [0.25, 0.3) is 5.91 Å². The van der Waals surface area contributed by atoms with Crippen LogP contribution in [-0.4, -0.2) is 36.4 Å². The van der Waals surface area contributed by atoms with Gasteiger partial charge in [-0.05, 0) is 42.0 Å². The van der Waals surface area contributed by atoms with Gasteiger partial charge in [0.1, 0.15) is 12.2 Å². The lowest BCUT2D eigenvalue weighted by atomic mass is 10.1. The third-order valence-electron chi connectivity index (χ3n) is 4.06. The molecule has 0 bridgehead atoms. The second-order valence-electron chi connectivity index (χ2n) is 6.10. The minimum absolute atomic E-state index is 0.119. The Morgan fingerprint density at radius 2 is 1.82 bits per heavy atom. The van der Waals surface area contributed by atoms with Gasteiger partial charge in [-0.25, -0.2) is 0 Å². The van der Waals surface area contributed by atoms with Crippen LogP contribution in [0.1, 0.15) is 16.1 Å². The summed E-state index contributed by atoms with van der Waals surface area (Å²) >= 11 is 5.96. The molecule has 0 spiro atoms. The third-order valence-corrected chi connectivity index (χ3v) is 4.30. The molecule has 0 saturated heterocycles. The number of nitrogens with one attached hydrogen (secondary N) is 3.